The Morgan fingerprint density at radius 2 is 1.73 bits per heavy atom. The van der Waals surface area contributed by atoms with E-state index >= 15 is 0 Å². The molecule has 0 aromatic carbocycles. The summed E-state index contributed by atoms with van der Waals surface area (Å²) < 4.78 is 0. The maximum absolute atomic E-state index is 12.9. The number of carbonyl (C=O) groups is 4. The monoisotopic (exact) mass is 480 g/mol. The largest absolute Gasteiger partial charge is 0.480 e. The average Bonchev–Trinajstić information content (AvgIpc) is 3.22. The van der Waals surface area contributed by atoms with E-state index in [0.717, 1.165) is 0 Å². The molecule has 1 saturated heterocycles. The van der Waals surface area contributed by atoms with Crippen LogP contribution in [0, 0.1) is 0 Å². The summed E-state index contributed by atoms with van der Waals surface area (Å²) in [5, 5.41) is 14.6. The highest BCUT2D eigenvalue weighted by Crippen LogP contribution is 2.19. The number of hydrogen-bond donors (Lipinski definition) is 5. The summed E-state index contributed by atoms with van der Waals surface area (Å²) in [4.78, 5) is 50.9. The number of hydrogen-bond acceptors (Lipinski definition) is 8. The van der Waals surface area contributed by atoms with Crippen LogP contribution in [0.15, 0.2) is 0 Å². The van der Waals surface area contributed by atoms with Crippen LogP contribution in [0.1, 0.15) is 25.7 Å². The Bertz CT molecular complexity index is 610. The van der Waals surface area contributed by atoms with Crippen molar-refractivity contribution >= 4 is 59.8 Å². The van der Waals surface area contributed by atoms with Crippen molar-refractivity contribution in [3.8, 4) is 0 Å². The molecule has 12 heteroatoms. The number of amides is 3. The molecule has 4 unspecified atom stereocenters. The number of aliphatic carboxylic acids is 1. The standard InChI is InChI=1S/C18H32N4O5S3/c1-29-8-5-12(15(23)21-13(18(26)27)6-9-30-2)20-16(24)14-4-3-7-22(14)17(25)11(19)10-28/h11-14,28H,3-10,19H2,1-2H3,(H,20,24)(H,21,23)(H,26,27). The van der Waals surface area contributed by atoms with Gasteiger partial charge < -0.3 is 26.4 Å². The lowest BCUT2D eigenvalue weighted by atomic mass is 10.1. The van der Waals surface area contributed by atoms with Gasteiger partial charge in [-0.15, -0.1) is 0 Å². The first-order chi connectivity index (χ1) is 14.3. The van der Waals surface area contributed by atoms with Crippen LogP contribution in [-0.2, 0) is 19.2 Å². The minimum absolute atomic E-state index is 0.176. The van der Waals surface area contributed by atoms with Gasteiger partial charge in [-0.25, -0.2) is 4.79 Å². The van der Waals surface area contributed by atoms with Gasteiger partial charge in [-0.05, 0) is 49.7 Å². The Morgan fingerprint density at radius 3 is 2.27 bits per heavy atom. The summed E-state index contributed by atoms with van der Waals surface area (Å²) in [6.45, 7) is 0.426. The van der Waals surface area contributed by atoms with Crippen LogP contribution in [-0.4, -0.2) is 94.2 Å². The van der Waals surface area contributed by atoms with Crippen LogP contribution in [0.5, 0.6) is 0 Å². The Labute approximate surface area is 191 Å². The van der Waals surface area contributed by atoms with Gasteiger partial charge in [0.15, 0.2) is 0 Å². The number of thiol groups is 1. The molecule has 1 heterocycles. The van der Waals surface area contributed by atoms with Crippen LogP contribution in [0.25, 0.3) is 0 Å². The van der Waals surface area contributed by atoms with E-state index in [-0.39, 0.29) is 18.1 Å². The average molecular weight is 481 g/mol. The highest BCUT2D eigenvalue weighted by Gasteiger charge is 2.37. The van der Waals surface area contributed by atoms with Crippen LogP contribution in [0.3, 0.4) is 0 Å². The van der Waals surface area contributed by atoms with Gasteiger partial charge in [-0.2, -0.15) is 36.2 Å². The third kappa shape index (κ3) is 8.20. The van der Waals surface area contributed by atoms with Crippen molar-refractivity contribution in [2.45, 2.75) is 49.9 Å². The third-order valence-electron chi connectivity index (χ3n) is 4.82. The summed E-state index contributed by atoms with van der Waals surface area (Å²) in [6, 6.07) is -3.38. The molecular formula is C18H32N4O5S3. The second kappa shape index (κ2) is 14.0. The number of nitrogens with two attached hydrogens (primary N) is 1. The molecule has 0 radical (unpaired) electrons. The lowest BCUT2D eigenvalue weighted by Gasteiger charge is -2.28. The molecular weight excluding hydrogens is 448 g/mol. The number of rotatable bonds is 13. The fourth-order valence-electron chi connectivity index (χ4n) is 3.13. The summed E-state index contributed by atoms with van der Waals surface area (Å²) in [7, 11) is 0. The lowest BCUT2D eigenvalue weighted by molar-refractivity contribution is -0.143. The summed E-state index contributed by atoms with van der Waals surface area (Å²) in [6.07, 6.45) is 5.53. The summed E-state index contributed by atoms with van der Waals surface area (Å²) in [5.74, 6) is -1.04. The van der Waals surface area contributed by atoms with Gasteiger partial charge in [0.05, 0.1) is 6.04 Å². The summed E-state index contributed by atoms with van der Waals surface area (Å²) in [5.41, 5.74) is 5.77. The number of carboxylic acids is 1. The lowest BCUT2D eigenvalue weighted by Crippen LogP contribution is -2.57. The fraction of sp³-hybridized carbons (Fsp3) is 0.778. The zero-order chi connectivity index (χ0) is 22.7. The van der Waals surface area contributed by atoms with Crippen LogP contribution < -0.4 is 16.4 Å². The molecule has 9 nitrogen and oxygen atoms in total. The van der Waals surface area contributed by atoms with E-state index in [0.29, 0.717) is 37.3 Å². The van der Waals surface area contributed by atoms with Gasteiger partial charge in [0, 0.05) is 12.3 Å². The van der Waals surface area contributed by atoms with Gasteiger partial charge in [0.2, 0.25) is 17.7 Å². The number of nitrogens with zero attached hydrogens (tertiary/aromatic N) is 1. The molecule has 0 aromatic rings. The fourth-order valence-corrected chi connectivity index (χ4v) is 4.23. The molecule has 5 N–H and O–H groups in total. The van der Waals surface area contributed by atoms with Gasteiger partial charge in [-0.3, -0.25) is 14.4 Å². The molecule has 0 saturated carbocycles. The van der Waals surface area contributed by atoms with E-state index in [1.54, 1.807) is 0 Å². The molecule has 172 valence electrons. The van der Waals surface area contributed by atoms with Crippen molar-refractivity contribution < 1.29 is 24.3 Å². The second-order valence-corrected chi connectivity index (χ2v) is 9.34. The van der Waals surface area contributed by atoms with E-state index in [4.69, 9.17) is 5.73 Å². The van der Waals surface area contributed by atoms with Gasteiger partial charge in [0.25, 0.3) is 0 Å². The van der Waals surface area contributed by atoms with Crippen molar-refractivity contribution in [1.29, 1.82) is 0 Å². The first-order valence-electron chi connectivity index (χ1n) is 9.75. The van der Waals surface area contributed by atoms with E-state index < -0.39 is 42.0 Å². The highest BCUT2D eigenvalue weighted by molar-refractivity contribution is 7.98. The normalized spacial score (nSPS) is 19.1. The molecule has 1 aliphatic rings. The Kier molecular flexibility index (Phi) is 12.6. The van der Waals surface area contributed by atoms with E-state index in [2.05, 4.69) is 23.3 Å². The van der Waals surface area contributed by atoms with Gasteiger partial charge in [0.1, 0.15) is 18.1 Å². The van der Waals surface area contributed by atoms with E-state index in [9.17, 15) is 24.3 Å². The SMILES string of the molecule is CSCCC(NC(=O)C(CCSC)NC(=O)C1CCCN1C(=O)C(N)CS)C(=O)O. The Hall–Kier alpha value is -1.11. The number of likely N-dealkylation sites (tertiary alicyclic amines) is 1. The van der Waals surface area contributed by atoms with Crippen molar-refractivity contribution in [2.24, 2.45) is 5.73 Å². The maximum atomic E-state index is 12.9. The highest BCUT2D eigenvalue weighted by atomic mass is 32.2. The van der Waals surface area contributed by atoms with Crippen molar-refractivity contribution in [3.05, 3.63) is 0 Å². The van der Waals surface area contributed by atoms with Crippen molar-refractivity contribution in [2.75, 3.05) is 36.3 Å². The molecule has 30 heavy (non-hydrogen) atoms. The molecule has 3 amide bonds. The number of thioether (sulfide) groups is 2. The maximum Gasteiger partial charge on any atom is 0.326 e. The number of nitrogens with one attached hydrogen (secondary N) is 2. The number of carbonyl (C=O) groups excluding carboxylic acids is 3. The van der Waals surface area contributed by atoms with Crippen LogP contribution in [0.2, 0.25) is 0 Å². The second-order valence-electron chi connectivity index (χ2n) is 7.00. The van der Waals surface area contributed by atoms with Crippen LogP contribution in [0.4, 0.5) is 0 Å². The molecule has 0 spiro atoms. The summed E-state index contributed by atoms with van der Waals surface area (Å²) >= 11 is 7.05. The number of carboxylic acid groups (broad SMARTS) is 1. The predicted octanol–water partition coefficient (Wildman–Crippen LogP) is -0.205. The first kappa shape index (κ1) is 26.9. The quantitative estimate of drug-likeness (QED) is 0.228. The molecule has 1 rings (SSSR count). The minimum atomic E-state index is -1.11. The van der Waals surface area contributed by atoms with Crippen molar-refractivity contribution in [3.63, 3.8) is 0 Å². The van der Waals surface area contributed by atoms with E-state index in [1.165, 1.54) is 28.4 Å². The molecule has 0 bridgehead atoms. The van der Waals surface area contributed by atoms with Crippen LogP contribution >= 0.6 is 36.2 Å². The Balaban J connectivity index is 2.84. The van der Waals surface area contributed by atoms with Gasteiger partial charge >= 0.3 is 5.97 Å². The smallest absolute Gasteiger partial charge is 0.326 e. The molecule has 1 fully saturated rings. The van der Waals surface area contributed by atoms with E-state index in [1.807, 2.05) is 12.5 Å². The molecule has 0 aromatic heterocycles. The minimum Gasteiger partial charge on any atom is -0.480 e. The zero-order valence-corrected chi connectivity index (χ0v) is 19.9. The van der Waals surface area contributed by atoms with Crippen molar-refractivity contribution in [1.82, 2.24) is 15.5 Å². The zero-order valence-electron chi connectivity index (χ0n) is 17.3. The molecule has 4 atom stereocenters. The Morgan fingerprint density at radius 1 is 1.13 bits per heavy atom. The van der Waals surface area contributed by atoms with Gasteiger partial charge in [-0.1, -0.05) is 0 Å². The third-order valence-corrected chi connectivity index (χ3v) is 6.50. The molecule has 1 aliphatic heterocycles. The predicted molar refractivity (Wildman–Crippen MR) is 124 cm³/mol. The molecule has 0 aliphatic carbocycles. The topological polar surface area (TPSA) is 142 Å². The first-order valence-corrected chi connectivity index (χ1v) is 13.2.